The summed E-state index contributed by atoms with van der Waals surface area (Å²) in [4.78, 5) is 0. The third-order valence-corrected chi connectivity index (χ3v) is 2.87. The zero-order chi connectivity index (χ0) is 11.2. The Morgan fingerprint density at radius 1 is 1.40 bits per heavy atom. The van der Waals surface area contributed by atoms with Crippen molar-refractivity contribution in [1.29, 1.82) is 0 Å². The van der Waals surface area contributed by atoms with E-state index in [0.29, 0.717) is 0 Å². The normalized spacial score (nSPS) is 12.3. The number of hydrogen-bond donors (Lipinski definition) is 1. The Morgan fingerprint density at radius 2 is 2.07 bits per heavy atom. The van der Waals surface area contributed by atoms with Gasteiger partial charge < -0.3 is 5.11 Å². The molecule has 0 saturated carbocycles. The lowest BCUT2D eigenvalue weighted by Gasteiger charge is -2.18. The number of aromatic nitrogens is 2. The topological polar surface area (TPSA) is 38.0 Å². The van der Waals surface area contributed by atoms with E-state index < -0.39 is 5.60 Å². The largest absolute Gasteiger partial charge is 0.384 e. The van der Waals surface area contributed by atoms with Crippen LogP contribution in [0.5, 0.6) is 0 Å². The molecule has 0 bridgehead atoms. The zero-order valence-corrected chi connectivity index (χ0v) is 10.5. The molecule has 80 valence electrons. The molecule has 4 heteroatoms. The van der Waals surface area contributed by atoms with E-state index in [-0.39, 0.29) is 0 Å². The number of aryl methyl sites for hydroxylation is 1. The van der Waals surface area contributed by atoms with Crippen molar-refractivity contribution < 1.29 is 5.11 Å². The summed E-state index contributed by atoms with van der Waals surface area (Å²) >= 11 is 3.42. The predicted molar refractivity (Wildman–Crippen MR) is 63.7 cm³/mol. The Balaban J connectivity index is 2.82. The lowest BCUT2D eigenvalue weighted by Crippen LogP contribution is -2.20. The molecule has 0 spiro atoms. The molecular formula is C11H13BrN2O. The van der Waals surface area contributed by atoms with Crippen molar-refractivity contribution in [3.8, 4) is 0 Å². The fourth-order valence-electron chi connectivity index (χ4n) is 1.90. The minimum Gasteiger partial charge on any atom is -0.384 e. The van der Waals surface area contributed by atoms with Crippen LogP contribution in [0.4, 0.5) is 0 Å². The summed E-state index contributed by atoms with van der Waals surface area (Å²) in [7, 11) is 1.85. The Labute approximate surface area is 96.8 Å². The lowest BCUT2D eigenvalue weighted by molar-refractivity contribution is 0.0711. The summed E-state index contributed by atoms with van der Waals surface area (Å²) in [6, 6.07) is 5.87. The summed E-state index contributed by atoms with van der Waals surface area (Å²) in [5.74, 6) is 0. The fraction of sp³-hybridized carbons (Fsp3) is 0.364. The molecule has 2 aromatic rings. The molecule has 0 aliphatic rings. The maximum absolute atomic E-state index is 10.1. The van der Waals surface area contributed by atoms with Crippen molar-refractivity contribution in [2.24, 2.45) is 7.05 Å². The second-order valence-corrected chi connectivity index (χ2v) is 5.11. The van der Waals surface area contributed by atoms with E-state index in [1.807, 2.05) is 25.2 Å². The number of nitrogens with zero attached hydrogens (tertiary/aromatic N) is 2. The second-order valence-electron chi connectivity index (χ2n) is 4.19. The number of benzene rings is 1. The fourth-order valence-corrected chi connectivity index (χ4v) is 2.26. The van der Waals surface area contributed by atoms with Gasteiger partial charge in [0.05, 0.1) is 11.2 Å². The van der Waals surface area contributed by atoms with Crippen LogP contribution in [-0.2, 0) is 12.6 Å². The Bertz CT molecular complexity index is 511. The van der Waals surface area contributed by atoms with Crippen molar-refractivity contribution in [1.82, 2.24) is 9.78 Å². The molecule has 0 saturated heterocycles. The maximum Gasteiger partial charge on any atom is 0.101 e. The van der Waals surface area contributed by atoms with E-state index in [0.717, 1.165) is 21.1 Å². The zero-order valence-electron chi connectivity index (χ0n) is 8.95. The average molecular weight is 269 g/mol. The Kier molecular flexibility index (Phi) is 2.35. The third kappa shape index (κ3) is 1.79. The molecule has 2 rings (SSSR count). The van der Waals surface area contributed by atoms with Crippen LogP contribution in [-0.4, -0.2) is 14.9 Å². The standard InChI is InChI=1S/C11H13BrN2O/c1-11(2,15)10-8-6-7(12)4-5-9(8)13-14(10)3/h4-6,15H,1-3H3. The SMILES string of the molecule is Cn1nc2ccc(Br)cc2c1C(C)(C)O. The number of aliphatic hydroxyl groups is 1. The highest BCUT2D eigenvalue weighted by Gasteiger charge is 2.23. The van der Waals surface area contributed by atoms with Crippen LogP contribution >= 0.6 is 15.9 Å². The summed E-state index contributed by atoms with van der Waals surface area (Å²) in [6.07, 6.45) is 0. The van der Waals surface area contributed by atoms with Crippen molar-refractivity contribution in [2.45, 2.75) is 19.4 Å². The quantitative estimate of drug-likeness (QED) is 0.864. The Morgan fingerprint density at radius 3 is 2.67 bits per heavy atom. The molecule has 15 heavy (non-hydrogen) atoms. The summed E-state index contributed by atoms with van der Waals surface area (Å²) < 4.78 is 2.73. The van der Waals surface area contributed by atoms with Gasteiger partial charge in [-0.05, 0) is 32.0 Å². The number of fused-ring (bicyclic) bond motifs is 1. The molecule has 1 N–H and O–H groups in total. The molecule has 0 unspecified atom stereocenters. The molecule has 3 nitrogen and oxygen atoms in total. The number of halogens is 1. The predicted octanol–water partition coefficient (Wildman–Crippen LogP) is 2.56. The molecule has 0 atom stereocenters. The average Bonchev–Trinajstić information content (AvgIpc) is 2.38. The van der Waals surface area contributed by atoms with Crippen molar-refractivity contribution in [3.05, 3.63) is 28.4 Å². The number of rotatable bonds is 1. The van der Waals surface area contributed by atoms with Crippen LogP contribution < -0.4 is 0 Å². The van der Waals surface area contributed by atoms with Crippen LogP contribution in [0, 0.1) is 0 Å². The molecule has 1 aromatic carbocycles. The van der Waals surface area contributed by atoms with Gasteiger partial charge in [-0.25, -0.2) is 0 Å². The van der Waals surface area contributed by atoms with Crippen LogP contribution in [0.15, 0.2) is 22.7 Å². The molecule has 1 aromatic heterocycles. The van der Waals surface area contributed by atoms with E-state index in [1.165, 1.54) is 0 Å². The highest BCUT2D eigenvalue weighted by Crippen LogP contribution is 2.29. The molecule has 0 aliphatic heterocycles. The van der Waals surface area contributed by atoms with Gasteiger partial charge in [0.1, 0.15) is 5.60 Å². The Hall–Kier alpha value is -0.870. The first-order valence-electron chi connectivity index (χ1n) is 4.75. The van der Waals surface area contributed by atoms with E-state index in [2.05, 4.69) is 21.0 Å². The van der Waals surface area contributed by atoms with E-state index >= 15 is 0 Å². The highest BCUT2D eigenvalue weighted by molar-refractivity contribution is 9.10. The first-order chi connectivity index (χ1) is 6.89. The summed E-state index contributed by atoms with van der Waals surface area (Å²) in [6.45, 7) is 3.54. The van der Waals surface area contributed by atoms with Gasteiger partial charge in [-0.15, -0.1) is 0 Å². The molecule has 0 fully saturated rings. The van der Waals surface area contributed by atoms with Gasteiger partial charge in [-0.2, -0.15) is 5.10 Å². The molecule has 0 amide bonds. The molecular weight excluding hydrogens is 256 g/mol. The molecule has 1 heterocycles. The lowest BCUT2D eigenvalue weighted by atomic mass is 10.0. The van der Waals surface area contributed by atoms with Gasteiger partial charge in [0.2, 0.25) is 0 Å². The first kappa shape index (κ1) is 10.6. The van der Waals surface area contributed by atoms with Gasteiger partial charge >= 0.3 is 0 Å². The minimum absolute atomic E-state index is 0.832. The minimum atomic E-state index is -0.885. The number of hydrogen-bond acceptors (Lipinski definition) is 2. The van der Waals surface area contributed by atoms with Crippen LogP contribution in [0.1, 0.15) is 19.5 Å². The maximum atomic E-state index is 10.1. The first-order valence-corrected chi connectivity index (χ1v) is 5.54. The van der Waals surface area contributed by atoms with Crippen molar-refractivity contribution in [2.75, 3.05) is 0 Å². The van der Waals surface area contributed by atoms with Crippen LogP contribution in [0.25, 0.3) is 10.9 Å². The van der Waals surface area contributed by atoms with Crippen molar-refractivity contribution in [3.63, 3.8) is 0 Å². The van der Waals surface area contributed by atoms with Gasteiger partial charge in [-0.3, -0.25) is 4.68 Å². The van der Waals surface area contributed by atoms with Gasteiger partial charge in [-0.1, -0.05) is 15.9 Å². The van der Waals surface area contributed by atoms with Gasteiger partial charge in [0.15, 0.2) is 0 Å². The van der Waals surface area contributed by atoms with Gasteiger partial charge in [0.25, 0.3) is 0 Å². The second kappa shape index (κ2) is 3.32. The van der Waals surface area contributed by atoms with E-state index in [1.54, 1.807) is 18.5 Å². The summed E-state index contributed by atoms with van der Waals surface area (Å²) in [5.41, 5.74) is 0.848. The van der Waals surface area contributed by atoms with Gasteiger partial charge in [0, 0.05) is 16.9 Å². The molecule has 0 aliphatic carbocycles. The highest BCUT2D eigenvalue weighted by atomic mass is 79.9. The van der Waals surface area contributed by atoms with E-state index in [9.17, 15) is 5.11 Å². The van der Waals surface area contributed by atoms with Crippen LogP contribution in [0.3, 0.4) is 0 Å². The van der Waals surface area contributed by atoms with Crippen LogP contribution in [0.2, 0.25) is 0 Å². The smallest absolute Gasteiger partial charge is 0.101 e. The summed E-state index contributed by atoms with van der Waals surface area (Å²) in [5, 5.41) is 15.4. The monoisotopic (exact) mass is 268 g/mol. The third-order valence-electron chi connectivity index (χ3n) is 2.37. The molecule has 0 radical (unpaired) electrons. The van der Waals surface area contributed by atoms with E-state index in [4.69, 9.17) is 0 Å². The van der Waals surface area contributed by atoms with Crippen molar-refractivity contribution >= 4 is 26.8 Å².